The summed E-state index contributed by atoms with van der Waals surface area (Å²) in [6.45, 7) is 1.50. The Morgan fingerprint density at radius 2 is 2.00 bits per heavy atom. The monoisotopic (exact) mass is 277 g/mol. The Labute approximate surface area is 119 Å². The van der Waals surface area contributed by atoms with Gasteiger partial charge in [-0.05, 0) is 24.8 Å². The number of carbonyl (C=O) groups excluding carboxylic acids is 1. The maximum absolute atomic E-state index is 11.1. The van der Waals surface area contributed by atoms with Crippen LogP contribution in [0.15, 0.2) is 30.3 Å². The number of benzene rings is 1. The van der Waals surface area contributed by atoms with Gasteiger partial charge >= 0.3 is 6.03 Å². The molecular weight excluding hydrogens is 254 g/mol. The molecule has 2 rings (SSSR count). The van der Waals surface area contributed by atoms with E-state index in [2.05, 4.69) is 17.4 Å². The number of primary amides is 1. The minimum Gasteiger partial charge on any atom is -0.395 e. The topological polar surface area (TPSA) is 78.6 Å². The second-order valence-electron chi connectivity index (χ2n) is 5.34. The number of nitrogens with one attached hydrogen (secondary N) is 1. The van der Waals surface area contributed by atoms with Crippen LogP contribution in [0.3, 0.4) is 0 Å². The number of amides is 2. The molecule has 5 nitrogen and oxygen atoms in total. The smallest absolute Gasteiger partial charge is 0.314 e. The van der Waals surface area contributed by atoms with E-state index in [9.17, 15) is 9.90 Å². The molecule has 110 valence electrons. The number of likely N-dealkylation sites (tertiary alicyclic amines) is 1. The Balaban J connectivity index is 1.81. The third-order valence-electron chi connectivity index (χ3n) is 3.82. The average molecular weight is 277 g/mol. The fourth-order valence-electron chi connectivity index (χ4n) is 2.67. The minimum absolute atomic E-state index is 0.0579. The quantitative estimate of drug-likeness (QED) is 0.742. The van der Waals surface area contributed by atoms with Gasteiger partial charge in [-0.15, -0.1) is 0 Å². The molecule has 0 radical (unpaired) electrons. The number of nitrogens with two attached hydrogens (primary N) is 1. The molecule has 1 aliphatic rings. The van der Waals surface area contributed by atoms with Crippen molar-refractivity contribution in [1.82, 2.24) is 10.2 Å². The number of aliphatic hydroxyl groups is 1. The third kappa shape index (κ3) is 4.21. The van der Waals surface area contributed by atoms with Crippen LogP contribution in [-0.4, -0.2) is 47.8 Å². The fraction of sp³-hybridized carbons (Fsp3) is 0.533. The van der Waals surface area contributed by atoms with E-state index in [4.69, 9.17) is 5.73 Å². The lowest BCUT2D eigenvalue weighted by Crippen LogP contribution is -2.50. The summed E-state index contributed by atoms with van der Waals surface area (Å²) >= 11 is 0. The van der Waals surface area contributed by atoms with Crippen molar-refractivity contribution in [2.45, 2.75) is 31.3 Å². The molecule has 1 saturated heterocycles. The van der Waals surface area contributed by atoms with E-state index in [1.807, 2.05) is 18.2 Å². The second kappa shape index (κ2) is 7.26. The number of carbonyl (C=O) groups is 1. The van der Waals surface area contributed by atoms with Gasteiger partial charge in [0.05, 0.1) is 6.61 Å². The number of rotatable bonds is 5. The Morgan fingerprint density at radius 3 is 2.55 bits per heavy atom. The van der Waals surface area contributed by atoms with E-state index < -0.39 is 0 Å². The lowest BCUT2D eigenvalue weighted by molar-refractivity contribution is 0.172. The fourth-order valence-corrected chi connectivity index (χ4v) is 2.67. The number of aliphatic hydroxyl groups excluding tert-OH is 1. The number of hydrogen-bond donors (Lipinski definition) is 3. The lowest BCUT2D eigenvalue weighted by Gasteiger charge is -2.33. The van der Waals surface area contributed by atoms with Crippen molar-refractivity contribution in [2.24, 2.45) is 5.73 Å². The molecule has 1 fully saturated rings. The Hall–Kier alpha value is -1.59. The highest BCUT2D eigenvalue weighted by Crippen LogP contribution is 2.12. The molecule has 4 N–H and O–H groups in total. The van der Waals surface area contributed by atoms with Crippen LogP contribution in [-0.2, 0) is 6.42 Å². The molecule has 20 heavy (non-hydrogen) atoms. The summed E-state index contributed by atoms with van der Waals surface area (Å²) in [5.74, 6) is 0. The SMILES string of the molecule is NC(=O)N1CCC(N[C@H](CO)Cc2ccccc2)CC1. The molecule has 1 aliphatic heterocycles. The molecule has 1 aromatic carbocycles. The van der Waals surface area contributed by atoms with Gasteiger partial charge in [-0.2, -0.15) is 0 Å². The predicted octanol–water partition coefficient (Wildman–Crippen LogP) is 0.723. The first-order valence-corrected chi connectivity index (χ1v) is 7.14. The van der Waals surface area contributed by atoms with Crippen LogP contribution in [0.5, 0.6) is 0 Å². The van der Waals surface area contributed by atoms with Gasteiger partial charge in [-0.3, -0.25) is 0 Å². The van der Waals surface area contributed by atoms with Gasteiger partial charge in [0.2, 0.25) is 0 Å². The third-order valence-corrected chi connectivity index (χ3v) is 3.82. The Kier molecular flexibility index (Phi) is 5.38. The van der Waals surface area contributed by atoms with Gasteiger partial charge in [0.1, 0.15) is 0 Å². The van der Waals surface area contributed by atoms with Gasteiger partial charge in [-0.25, -0.2) is 4.79 Å². The summed E-state index contributed by atoms with van der Waals surface area (Å²) in [5, 5.41) is 13.0. The lowest BCUT2D eigenvalue weighted by atomic mass is 10.0. The first kappa shape index (κ1) is 14.8. The van der Waals surface area contributed by atoms with Crippen molar-refractivity contribution in [3.05, 3.63) is 35.9 Å². The second-order valence-corrected chi connectivity index (χ2v) is 5.34. The molecule has 1 atom stereocenters. The summed E-state index contributed by atoms with van der Waals surface area (Å²) in [4.78, 5) is 12.7. The van der Waals surface area contributed by atoms with Crippen LogP contribution < -0.4 is 11.1 Å². The highest BCUT2D eigenvalue weighted by atomic mass is 16.3. The molecule has 0 aliphatic carbocycles. The number of hydrogen-bond acceptors (Lipinski definition) is 3. The van der Waals surface area contributed by atoms with E-state index >= 15 is 0 Å². The summed E-state index contributed by atoms with van der Waals surface area (Å²) in [6, 6.07) is 10.2. The van der Waals surface area contributed by atoms with Crippen molar-refractivity contribution < 1.29 is 9.90 Å². The molecule has 1 heterocycles. The largest absolute Gasteiger partial charge is 0.395 e. The van der Waals surface area contributed by atoms with Crippen molar-refractivity contribution in [1.29, 1.82) is 0 Å². The van der Waals surface area contributed by atoms with Gasteiger partial charge in [0.15, 0.2) is 0 Å². The molecule has 0 unspecified atom stereocenters. The van der Waals surface area contributed by atoms with E-state index in [1.54, 1.807) is 4.90 Å². The standard InChI is InChI=1S/C15H23N3O2/c16-15(20)18-8-6-13(7-9-18)17-14(11-19)10-12-4-2-1-3-5-12/h1-5,13-14,17,19H,6-11H2,(H2,16,20)/t14-/m0/s1. The molecule has 2 amide bonds. The zero-order valence-electron chi connectivity index (χ0n) is 11.7. The van der Waals surface area contributed by atoms with Gasteiger partial charge in [0, 0.05) is 25.2 Å². The number of nitrogens with zero attached hydrogens (tertiary/aromatic N) is 1. The summed E-state index contributed by atoms with van der Waals surface area (Å²) in [6.07, 6.45) is 2.58. The normalized spacial score (nSPS) is 17.9. The zero-order chi connectivity index (χ0) is 14.4. The molecule has 0 bridgehead atoms. The van der Waals surface area contributed by atoms with Crippen LogP contribution in [0.4, 0.5) is 4.79 Å². The highest BCUT2D eigenvalue weighted by Gasteiger charge is 2.23. The van der Waals surface area contributed by atoms with Crippen LogP contribution in [0.2, 0.25) is 0 Å². The van der Waals surface area contributed by atoms with E-state index in [0.717, 1.165) is 19.3 Å². The van der Waals surface area contributed by atoms with Gasteiger partial charge in [-0.1, -0.05) is 30.3 Å². The van der Waals surface area contributed by atoms with Crippen LogP contribution in [0, 0.1) is 0 Å². The van der Waals surface area contributed by atoms with E-state index in [1.165, 1.54) is 5.56 Å². The molecule has 0 spiro atoms. The molecule has 1 aromatic rings. The van der Waals surface area contributed by atoms with E-state index in [0.29, 0.717) is 19.1 Å². The first-order valence-electron chi connectivity index (χ1n) is 7.14. The predicted molar refractivity (Wildman–Crippen MR) is 78.3 cm³/mol. The molecular formula is C15H23N3O2. The maximum Gasteiger partial charge on any atom is 0.314 e. The summed E-state index contributed by atoms with van der Waals surface area (Å²) in [7, 11) is 0. The minimum atomic E-state index is -0.341. The van der Waals surface area contributed by atoms with Crippen LogP contribution in [0.25, 0.3) is 0 Å². The summed E-state index contributed by atoms with van der Waals surface area (Å²) < 4.78 is 0. The van der Waals surface area contributed by atoms with Gasteiger partial charge in [0.25, 0.3) is 0 Å². The van der Waals surface area contributed by atoms with Crippen molar-refractivity contribution in [3.8, 4) is 0 Å². The molecule has 0 saturated carbocycles. The molecule has 0 aromatic heterocycles. The van der Waals surface area contributed by atoms with Crippen molar-refractivity contribution in [2.75, 3.05) is 19.7 Å². The van der Waals surface area contributed by atoms with Crippen LogP contribution in [0.1, 0.15) is 18.4 Å². The number of urea groups is 1. The summed E-state index contributed by atoms with van der Waals surface area (Å²) in [5.41, 5.74) is 6.49. The van der Waals surface area contributed by atoms with Crippen LogP contribution >= 0.6 is 0 Å². The maximum atomic E-state index is 11.1. The Bertz CT molecular complexity index is 416. The zero-order valence-corrected chi connectivity index (χ0v) is 11.7. The molecule has 5 heteroatoms. The van der Waals surface area contributed by atoms with Gasteiger partial charge < -0.3 is 21.1 Å². The van der Waals surface area contributed by atoms with E-state index in [-0.39, 0.29) is 18.7 Å². The first-order chi connectivity index (χ1) is 9.69. The van der Waals surface area contributed by atoms with Crippen molar-refractivity contribution >= 4 is 6.03 Å². The number of piperidine rings is 1. The Morgan fingerprint density at radius 1 is 1.35 bits per heavy atom. The highest BCUT2D eigenvalue weighted by molar-refractivity contribution is 5.72. The van der Waals surface area contributed by atoms with Crippen molar-refractivity contribution in [3.63, 3.8) is 0 Å². The average Bonchev–Trinajstić information content (AvgIpc) is 2.48.